The Bertz CT molecular complexity index is 181. The number of hydrogen-bond donors (Lipinski definition) is 0. The highest BCUT2D eigenvalue weighted by Gasteiger charge is 2.33. The Hall–Kier alpha value is 0.150. The highest BCUT2D eigenvalue weighted by molar-refractivity contribution is 9.10. The van der Waals surface area contributed by atoms with Crippen molar-refractivity contribution < 1.29 is 4.79 Å². The van der Waals surface area contributed by atoms with Gasteiger partial charge in [-0.15, -0.1) is 0 Å². The fraction of sp³-hybridized carbons (Fsp3) is 0.900. The second-order valence-corrected chi connectivity index (χ2v) is 6.45. The summed E-state index contributed by atoms with van der Waals surface area (Å²) in [5.74, 6) is 1.27. The third-order valence-electron chi connectivity index (χ3n) is 2.92. The Labute approximate surface area is 83.0 Å². The van der Waals surface area contributed by atoms with Gasteiger partial charge in [-0.3, -0.25) is 4.79 Å². The fourth-order valence-corrected chi connectivity index (χ4v) is 2.13. The van der Waals surface area contributed by atoms with E-state index in [1.807, 2.05) is 6.92 Å². The largest absolute Gasteiger partial charge is 0.299 e. The predicted octanol–water partition coefficient (Wildman–Crippen LogP) is 3.17. The zero-order valence-corrected chi connectivity index (χ0v) is 9.65. The van der Waals surface area contributed by atoms with E-state index in [1.54, 1.807) is 0 Å². The third kappa shape index (κ3) is 2.32. The van der Waals surface area contributed by atoms with Crippen LogP contribution < -0.4 is 0 Å². The van der Waals surface area contributed by atoms with Gasteiger partial charge in [-0.1, -0.05) is 22.9 Å². The van der Waals surface area contributed by atoms with Crippen LogP contribution in [-0.4, -0.2) is 10.1 Å². The summed E-state index contributed by atoms with van der Waals surface area (Å²) in [7, 11) is 0. The summed E-state index contributed by atoms with van der Waals surface area (Å²) in [6.07, 6.45) is 3.02. The van der Waals surface area contributed by atoms with Gasteiger partial charge in [0.2, 0.25) is 0 Å². The molecule has 1 nitrogen and oxygen atoms in total. The number of rotatable bonds is 1. The van der Waals surface area contributed by atoms with Crippen LogP contribution in [0.25, 0.3) is 0 Å². The molecule has 1 rings (SSSR count). The van der Waals surface area contributed by atoms with E-state index < -0.39 is 0 Å². The van der Waals surface area contributed by atoms with Gasteiger partial charge in [-0.25, -0.2) is 0 Å². The molecule has 0 radical (unpaired) electrons. The van der Waals surface area contributed by atoms with Crippen molar-refractivity contribution in [3.05, 3.63) is 0 Å². The SMILES string of the molecule is CC1CCC(C(C)(C)Br)CC1=O. The maximum Gasteiger partial charge on any atom is 0.136 e. The van der Waals surface area contributed by atoms with Crippen LogP contribution in [0.1, 0.15) is 40.0 Å². The van der Waals surface area contributed by atoms with Gasteiger partial charge in [-0.05, 0) is 32.6 Å². The average molecular weight is 233 g/mol. The molecule has 0 heterocycles. The van der Waals surface area contributed by atoms with Gasteiger partial charge in [0.1, 0.15) is 5.78 Å². The Morgan fingerprint density at radius 1 is 1.42 bits per heavy atom. The molecule has 0 aromatic heterocycles. The number of ketones is 1. The van der Waals surface area contributed by atoms with E-state index in [0.717, 1.165) is 12.8 Å². The van der Waals surface area contributed by atoms with Crippen LogP contribution in [0.4, 0.5) is 0 Å². The molecule has 1 aliphatic rings. The minimum atomic E-state index is 0.128. The summed E-state index contributed by atoms with van der Waals surface area (Å²) < 4.78 is 0.128. The Morgan fingerprint density at radius 3 is 2.42 bits per heavy atom. The first kappa shape index (κ1) is 10.2. The lowest BCUT2D eigenvalue weighted by Gasteiger charge is -2.33. The molecule has 1 saturated carbocycles. The minimum Gasteiger partial charge on any atom is -0.299 e. The first-order valence-corrected chi connectivity index (χ1v) is 5.42. The van der Waals surface area contributed by atoms with Crippen molar-refractivity contribution in [1.82, 2.24) is 0 Å². The van der Waals surface area contributed by atoms with Crippen molar-refractivity contribution in [2.24, 2.45) is 11.8 Å². The molecule has 0 aromatic rings. The quantitative estimate of drug-likeness (QED) is 0.636. The lowest BCUT2D eigenvalue weighted by molar-refractivity contribution is -0.125. The molecule has 2 heteroatoms. The lowest BCUT2D eigenvalue weighted by Crippen LogP contribution is -2.33. The Balaban J connectivity index is 2.57. The summed E-state index contributed by atoms with van der Waals surface area (Å²) >= 11 is 3.64. The van der Waals surface area contributed by atoms with Crippen molar-refractivity contribution in [3.63, 3.8) is 0 Å². The predicted molar refractivity (Wildman–Crippen MR) is 54.5 cm³/mol. The lowest BCUT2D eigenvalue weighted by atomic mass is 9.77. The highest BCUT2D eigenvalue weighted by Crippen LogP contribution is 2.37. The summed E-state index contributed by atoms with van der Waals surface area (Å²) in [6, 6.07) is 0. The van der Waals surface area contributed by atoms with Crippen LogP contribution >= 0.6 is 15.9 Å². The van der Waals surface area contributed by atoms with Crippen molar-refractivity contribution in [1.29, 1.82) is 0 Å². The Kier molecular flexibility index (Phi) is 2.97. The smallest absolute Gasteiger partial charge is 0.136 e. The van der Waals surface area contributed by atoms with E-state index in [0.29, 0.717) is 17.6 Å². The van der Waals surface area contributed by atoms with Crippen molar-refractivity contribution in [3.8, 4) is 0 Å². The monoisotopic (exact) mass is 232 g/mol. The molecule has 0 aliphatic heterocycles. The van der Waals surface area contributed by atoms with Gasteiger partial charge in [0.05, 0.1) is 0 Å². The first-order valence-electron chi connectivity index (χ1n) is 4.63. The third-order valence-corrected chi connectivity index (χ3v) is 3.56. The molecule has 2 atom stereocenters. The number of Topliss-reactive ketones (excluding diaryl/α,β-unsaturated/α-hetero) is 1. The number of halogens is 1. The van der Waals surface area contributed by atoms with Crippen LogP contribution in [0.2, 0.25) is 0 Å². The van der Waals surface area contributed by atoms with E-state index >= 15 is 0 Å². The van der Waals surface area contributed by atoms with Gasteiger partial charge >= 0.3 is 0 Å². The van der Waals surface area contributed by atoms with Crippen molar-refractivity contribution in [2.75, 3.05) is 0 Å². The molecule has 1 aliphatic carbocycles. The van der Waals surface area contributed by atoms with E-state index in [9.17, 15) is 4.79 Å². The molecule has 0 saturated heterocycles. The maximum atomic E-state index is 11.4. The van der Waals surface area contributed by atoms with Gasteiger partial charge < -0.3 is 0 Å². The maximum absolute atomic E-state index is 11.4. The second kappa shape index (κ2) is 3.49. The van der Waals surface area contributed by atoms with Gasteiger partial charge in [0, 0.05) is 16.7 Å². The molecular formula is C10H17BrO. The number of hydrogen-bond acceptors (Lipinski definition) is 1. The number of carbonyl (C=O) groups is 1. The van der Waals surface area contributed by atoms with E-state index in [4.69, 9.17) is 0 Å². The minimum absolute atomic E-state index is 0.128. The molecule has 0 N–H and O–H groups in total. The second-order valence-electron chi connectivity index (χ2n) is 4.41. The van der Waals surface area contributed by atoms with E-state index in [1.165, 1.54) is 6.42 Å². The molecule has 2 unspecified atom stereocenters. The highest BCUT2D eigenvalue weighted by atomic mass is 79.9. The number of carbonyl (C=O) groups excluding carboxylic acids is 1. The fourth-order valence-electron chi connectivity index (χ4n) is 1.74. The molecule has 1 fully saturated rings. The molecular weight excluding hydrogens is 216 g/mol. The van der Waals surface area contributed by atoms with Crippen molar-refractivity contribution in [2.45, 2.75) is 44.4 Å². The van der Waals surface area contributed by atoms with Gasteiger partial charge in [0.15, 0.2) is 0 Å². The van der Waals surface area contributed by atoms with Crippen LogP contribution in [0.5, 0.6) is 0 Å². The average Bonchev–Trinajstić information content (AvgIpc) is 1.92. The van der Waals surface area contributed by atoms with Crippen LogP contribution in [0.15, 0.2) is 0 Å². The van der Waals surface area contributed by atoms with Gasteiger partial charge in [0.25, 0.3) is 0 Å². The number of alkyl halides is 1. The van der Waals surface area contributed by atoms with Crippen LogP contribution in [0.3, 0.4) is 0 Å². The molecule has 0 aromatic carbocycles. The molecule has 12 heavy (non-hydrogen) atoms. The zero-order valence-electron chi connectivity index (χ0n) is 8.06. The zero-order chi connectivity index (χ0) is 9.35. The molecule has 70 valence electrons. The normalized spacial score (nSPS) is 32.2. The van der Waals surface area contributed by atoms with E-state index in [2.05, 4.69) is 29.8 Å². The summed E-state index contributed by atoms with van der Waals surface area (Å²) in [5.41, 5.74) is 0. The standard InChI is InChI=1S/C10H17BrO/c1-7-4-5-8(6-9(7)12)10(2,3)11/h7-8H,4-6H2,1-3H3. The first-order chi connectivity index (χ1) is 5.41. The summed E-state index contributed by atoms with van der Waals surface area (Å²) in [4.78, 5) is 11.4. The summed E-state index contributed by atoms with van der Waals surface area (Å²) in [5, 5.41) is 0. The van der Waals surface area contributed by atoms with Crippen LogP contribution in [0, 0.1) is 11.8 Å². The summed E-state index contributed by atoms with van der Waals surface area (Å²) in [6.45, 7) is 6.35. The topological polar surface area (TPSA) is 17.1 Å². The Morgan fingerprint density at radius 2 is 2.00 bits per heavy atom. The van der Waals surface area contributed by atoms with Crippen molar-refractivity contribution >= 4 is 21.7 Å². The van der Waals surface area contributed by atoms with E-state index in [-0.39, 0.29) is 4.32 Å². The molecule has 0 spiro atoms. The molecule has 0 bridgehead atoms. The van der Waals surface area contributed by atoms with Crippen LogP contribution in [-0.2, 0) is 4.79 Å². The molecule has 0 amide bonds. The van der Waals surface area contributed by atoms with Gasteiger partial charge in [-0.2, -0.15) is 0 Å².